The van der Waals surface area contributed by atoms with Crippen molar-refractivity contribution in [3.05, 3.63) is 63.3 Å². The lowest BCUT2D eigenvalue weighted by Gasteiger charge is -2.13. The van der Waals surface area contributed by atoms with Crippen molar-refractivity contribution >= 4 is 49.6 Å². The zero-order valence-corrected chi connectivity index (χ0v) is 13.4. The molecule has 0 radical (unpaired) electrons. The Morgan fingerprint density at radius 1 is 1.10 bits per heavy atom. The zero-order valence-electron chi connectivity index (χ0n) is 11.0. The molecule has 3 nitrogen and oxygen atoms in total. The topological polar surface area (TPSA) is 55.1 Å². The number of nitrogens with one attached hydrogen (secondary N) is 1. The lowest BCUT2D eigenvalue weighted by molar-refractivity contribution is -0.117. The molecule has 1 amide bonds. The normalized spacial score (nSPS) is 12.3. The Kier molecular flexibility index (Phi) is 4.05. The van der Waals surface area contributed by atoms with Crippen LogP contribution in [0.2, 0.25) is 0 Å². The van der Waals surface area contributed by atoms with E-state index in [1.54, 1.807) is 0 Å². The number of thiophene rings is 1. The predicted octanol–water partition coefficient (Wildman–Crippen LogP) is 4.30. The highest BCUT2D eigenvalue weighted by molar-refractivity contribution is 9.10. The van der Waals surface area contributed by atoms with Crippen molar-refractivity contribution in [2.75, 3.05) is 5.32 Å². The number of amides is 1. The maximum atomic E-state index is 12.3. The summed E-state index contributed by atoms with van der Waals surface area (Å²) in [5.74, 6) is -0.204. The minimum absolute atomic E-state index is 0.204. The van der Waals surface area contributed by atoms with Gasteiger partial charge in [0.05, 0.1) is 0 Å². The van der Waals surface area contributed by atoms with Crippen molar-refractivity contribution in [2.45, 2.75) is 6.04 Å². The van der Waals surface area contributed by atoms with Gasteiger partial charge in [-0.25, -0.2) is 0 Å². The second-order valence-electron chi connectivity index (χ2n) is 4.62. The maximum absolute atomic E-state index is 12.3. The van der Waals surface area contributed by atoms with E-state index in [9.17, 15) is 4.79 Å². The number of carbonyl (C=O) groups is 1. The molecule has 3 N–H and O–H groups in total. The van der Waals surface area contributed by atoms with Gasteiger partial charge in [-0.05, 0) is 29.0 Å². The van der Waals surface area contributed by atoms with E-state index in [4.69, 9.17) is 5.73 Å². The Balaban J connectivity index is 1.92. The fourth-order valence-corrected chi connectivity index (χ4v) is 3.38. The Morgan fingerprint density at radius 3 is 2.57 bits per heavy atom. The lowest BCUT2D eigenvalue weighted by atomic mass is 10.1. The summed E-state index contributed by atoms with van der Waals surface area (Å²) in [6.45, 7) is 0. The van der Waals surface area contributed by atoms with Crippen LogP contribution in [0.15, 0.2) is 58.4 Å². The highest BCUT2D eigenvalue weighted by Crippen LogP contribution is 2.30. The van der Waals surface area contributed by atoms with Crippen LogP contribution in [0.25, 0.3) is 10.8 Å². The van der Waals surface area contributed by atoms with E-state index in [0.717, 1.165) is 25.8 Å². The number of rotatable bonds is 3. The first-order valence-corrected chi connectivity index (χ1v) is 8.11. The summed E-state index contributed by atoms with van der Waals surface area (Å²) in [5, 5.41) is 6.88. The van der Waals surface area contributed by atoms with Crippen LogP contribution in [0, 0.1) is 0 Å². The highest BCUT2D eigenvalue weighted by Gasteiger charge is 2.17. The molecule has 106 valence electrons. The molecule has 0 saturated carbocycles. The summed E-state index contributed by atoms with van der Waals surface area (Å²) < 4.78 is 0.999. The highest BCUT2D eigenvalue weighted by atomic mass is 79.9. The van der Waals surface area contributed by atoms with Crippen LogP contribution in [0.5, 0.6) is 0 Å². The van der Waals surface area contributed by atoms with Crippen LogP contribution in [0.3, 0.4) is 0 Å². The van der Waals surface area contributed by atoms with Crippen LogP contribution in [0.4, 0.5) is 5.69 Å². The quantitative estimate of drug-likeness (QED) is 0.731. The number of nitrogens with two attached hydrogens (primary N) is 1. The number of fused-ring (bicyclic) bond motifs is 1. The zero-order chi connectivity index (χ0) is 14.8. The standard InChI is InChI=1S/C16H13BrN2OS/c17-12-7-8-13(11-5-2-1-4-10(11)12)19-16(20)15(18)14-6-3-9-21-14/h1-9,15H,18H2,(H,19,20). The molecule has 0 fully saturated rings. The predicted molar refractivity (Wildman–Crippen MR) is 91.5 cm³/mol. The van der Waals surface area contributed by atoms with Crippen LogP contribution in [0.1, 0.15) is 10.9 Å². The van der Waals surface area contributed by atoms with Crippen molar-refractivity contribution in [3.8, 4) is 0 Å². The summed E-state index contributed by atoms with van der Waals surface area (Å²) in [5.41, 5.74) is 6.76. The molecule has 1 heterocycles. The van der Waals surface area contributed by atoms with Gasteiger partial charge >= 0.3 is 0 Å². The number of benzene rings is 2. The molecule has 1 aromatic heterocycles. The molecule has 0 bridgehead atoms. The van der Waals surface area contributed by atoms with E-state index in [-0.39, 0.29) is 5.91 Å². The van der Waals surface area contributed by atoms with Crippen molar-refractivity contribution in [2.24, 2.45) is 5.73 Å². The molecule has 0 aliphatic rings. The smallest absolute Gasteiger partial charge is 0.246 e. The van der Waals surface area contributed by atoms with Gasteiger partial charge in [0.2, 0.25) is 5.91 Å². The average molecular weight is 361 g/mol. The molecule has 1 atom stereocenters. The Labute approximate surface area is 134 Å². The maximum Gasteiger partial charge on any atom is 0.246 e. The minimum Gasteiger partial charge on any atom is -0.324 e. The van der Waals surface area contributed by atoms with Gasteiger partial charge in [0.1, 0.15) is 6.04 Å². The largest absolute Gasteiger partial charge is 0.324 e. The first-order valence-electron chi connectivity index (χ1n) is 6.44. The van der Waals surface area contributed by atoms with Gasteiger partial charge in [0, 0.05) is 20.4 Å². The van der Waals surface area contributed by atoms with Gasteiger partial charge in [0.25, 0.3) is 0 Å². The van der Waals surface area contributed by atoms with E-state index in [2.05, 4.69) is 21.2 Å². The van der Waals surface area contributed by atoms with Crippen LogP contribution < -0.4 is 11.1 Å². The molecule has 3 aromatic rings. The number of halogens is 1. The van der Waals surface area contributed by atoms with Gasteiger partial charge in [-0.3, -0.25) is 4.79 Å². The molecule has 0 aliphatic heterocycles. The fraction of sp³-hybridized carbons (Fsp3) is 0.0625. The molecular formula is C16H13BrN2OS. The number of carbonyl (C=O) groups excluding carboxylic acids is 1. The van der Waals surface area contributed by atoms with Crippen LogP contribution in [-0.4, -0.2) is 5.91 Å². The third-order valence-corrected chi connectivity index (χ3v) is 4.91. The van der Waals surface area contributed by atoms with Gasteiger partial charge in [-0.2, -0.15) is 0 Å². The first-order chi connectivity index (χ1) is 10.2. The second-order valence-corrected chi connectivity index (χ2v) is 6.46. The molecule has 3 rings (SSSR count). The summed E-state index contributed by atoms with van der Waals surface area (Å²) >= 11 is 5.00. The summed E-state index contributed by atoms with van der Waals surface area (Å²) in [6.07, 6.45) is 0. The van der Waals surface area contributed by atoms with Crippen molar-refractivity contribution < 1.29 is 4.79 Å². The van der Waals surface area contributed by atoms with E-state index in [1.807, 2.05) is 53.9 Å². The van der Waals surface area contributed by atoms with E-state index in [1.165, 1.54) is 11.3 Å². The van der Waals surface area contributed by atoms with Gasteiger partial charge in [0.15, 0.2) is 0 Å². The number of hydrogen-bond donors (Lipinski definition) is 2. The SMILES string of the molecule is NC(C(=O)Nc1ccc(Br)c2ccccc12)c1cccs1. The Morgan fingerprint density at radius 2 is 1.86 bits per heavy atom. The molecule has 5 heteroatoms. The van der Waals surface area contributed by atoms with Crippen molar-refractivity contribution in [1.29, 1.82) is 0 Å². The Hall–Kier alpha value is -1.69. The van der Waals surface area contributed by atoms with E-state index < -0.39 is 6.04 Å². The lowest BCUT2D eigenvalue weighted by Crippen LogP contribution is -2.27. The summed E-state index contributed by atoms with van der Waals surface area (Å²) in [4.78, 5) is 13.2. The van der Waals surface area contributed by atoms with Crippen molar-refractivity contribution in [1.82, 2.24) is 0 Å². The summed E-state index contributed by atoms with van der Waals surface area (Å²) in [6, 6.07) is 14.8. The second kappa shape index (κ2) is 5.97. The van der Waals surface area contributed by atoms with E-state index in [0.29, 0.717) is 0 Å². The van der Waals surface area contributed by atoms with Gasteiger partial charge in [-0.1, -0.05) is 46.3 Å². The molecular weight excluding hydrogens is 348 g/mol. The number of anilines is 1. The van der Waals surface area contributed by atoms with Crippen LogP contribution >= 0.6 is 27.3 Å². The third-order valence-electron chi connectivity index (χ3n) is 3.26. The summed E-state index contributed by atoms with van der Waals surface area (Å²) in [7, 11) is 0. The molecule has 0 spiro atoms. The molecule has 0 aliphatic carbocycles. The number of hydrogen-bond acceptors (Lipinski definition) is 3. The Bertz CT molecular complexity index is 786. The van der Waals surface area contributed by atoms with Gasteiger partial charge in [-0.15, -0.1) is 11.3 Å². The molecule has 2 aromatic carbocycles. The first kappa shape index (κ1) is 14.3. The van der Waals surface area contributed by atoms with Crippen LogP contribution in [-0.2, 0) is 4.79 Å². The average Bonchev–Trinajstić information content (AvgIpc) is 3.04. The van der Waals surface area contributed by atoms with Crippen molar-refractivity contribution in [3.63, 3.8) is 0 Å². The third kappa shape index (κ3) is 2.85. The minimum atomic E-state index is -0.646. The molecule has 0 saturated heterocycles. The van der Waals surface area contributed by atoms with Gasteiger partial charge < -0.3 is 11.1 Å². The van der Waals surface area contributed by atoms with E-state index >= 15 is 0 Å². The molecule has 21 heavy (non-hydrogen) atoms. The monoisotopic (exact) mass is 360 g/mol. The fourth-order valence-electron chi connectivity index (χ4n) is 2.18. The molecule has 1 unspecified atom stereocenters.